The fourth-order valence-electron chi connectivity index (χ4n) is 3.29. The van der Waals surface area contributed by atoms with E-state index >= 15 is 0 Å². The Balaban J connectivity index is 1.65. The molecule has 2 amide bonds. The average Bonchev–Trinajstić information content (AvgIpc) is 2.72. The second kappa shape index (κ2) is 8.19. The number of anilines is 4. The zero-order chi connectivity index (χ0) is 22.1. The van der Waals surface area contributed by atoms with E-state index in [1.54, 1.807) is 25.1 Å². The van der Waals surface area contributed by atoms with Gasteiger partial charge in [0.25, 0.3) is 5.56 Å². The van der Waals surface area contributed by atoms with Crippen LogP contribution in [-0.2, 0) is 9.59 Å². The summed E-state index contributed by atoms with van der Waals surface area (Å²) in [7, 11) is 0. The van der Waals surface area contributed by atoms with Crippen molar-refractivity contribution in [2.24, 2.45) is 0 Å². The molecule has 0 unspecified atom stereocenters. The lowest BCUT2D eigenvalue weighted by Crippen LogP contribution is -2.36. The summed E-state index contributed by atoms with van der Waals surface area (Å²) >= 11 is 6.10. The van der Waals surface area contributed by atoms with E-state index in [9.17, 15) is 18.8 Å². The number of H-pyrrole nitrogens is 1. The van der Waals surface area contributed by atoms with Crippen LogP contribution in [0.25, 0.3) is 0 Å². The Kier molecular flexibility index (Phi) is 5.43. The first-order chi connectivity index (χ1) is 14.8. The van der Waals surface area contributed by atoms with Crippen LogP contribution in [0.2, 0.25) is 5.02 Å². The quantitative estimate of drug-likeness (QED) is 0.493. The summed E-state index contributed by atoms with van der Waals surface area (Å²) in [5, 5.41) is 8.58. The van der Waals surface area contributed by atoms with Crippen LogP contribution in [0.4, 0.5) is 27.5 Å². The molecule has 1 aliphatic heterocycles. The molecule has 2 aromatic carbocycles. The van der Waals surface area contributed by atoms with Gasteiger partial charge in [-0.3, -0.25) is 19.4 Å². The van der Waals surface area contributed by atoms with Crippen molar-refractivity contribution >= 4 is 46.6 Å². The van der Waals surface area contributed by atoms with Crippen molar-refractivity contribution in [1.82, 2.24) is 9.97 Å². The van der Waals surface area contributed by atoms with Crippen molar-refractivity contribution in [3.63, 3.8) is 0 Å². The topological polar surface area (TPSA) is 116 Å². The van der Waals surface area contributed by atoms with Crippen LogP contribution in [-0.4, -0.2) is 21.8 Å². The van der Waals surface area contributed by atoms with Crippen molar-refractivity contribution in [3.05, 3.63) is 74.8 Å². The molecule has 4 N–H and O–H groups in total. The Bertz CT molecular complexity index is 1240. The molecular formula is C21H17ClFN5O3. The van der Waals surface area contributed by atoms with Gasteiger partial charge in [0.05, 0.1) is 11.5 Å². The van der Waals surface area contributed by atoms with Crippen LogP contribution in [0, 0.1) is 12.7 Å². The summed E-state index contributed by atoms with van der Waals surface area (Å²) in [6.45, 7) is 1.75. The van der Waals surface area contributed by atoms with E-state index in [1.807, 2.05) is 0 Å². The minimum absolute atomic E-state index is 0.00687. The number of aromatic amines is 1. The highest BCUT2D eigenvalue weighted by molar-refractivity contribution is 6.31. The summed E-state index contributed by atoms with van der Waals surface area (Å²) in [6, 6.07) is 10.5. The lowest BCUT2D eigenvalue weighted by atomic mass is 9.92. The monoisotopic (exact) mass is 441 g/mol. The molecule has 10 heteroatoms. The molecule has 31 heavy (non-hydrogen) atoms. The van der Waals surface area contributed by atoms with Gasteiger partial charge in [-0.1, -0.05) is 17.7 Å². The zero-order valence-corrected chi connectivity index (χ0v) is 17.0. The molecule has 0 spiro atoms. The lowest BCUT2D eigenvalue weighted by molar-refractivity contribution is -0.123. The number of fused-ring (bicyclic) bond motifs is 1. The Labute approximate surface area is 180 Å². The third-order valence-electron chi connectivity index (χ3n) is 4.90. The van der Waals surface area contributed by atoms with Gasteiger partial charge in [0.1, 0.15) is 11.6 Å². The number of hydrogen-bond acceptors (Lipinski definition) is 5. The van der Waals surface area contributed by atoms with Crippen LogP contribution in [0.1, 0.15) is 23.5 Å². The van der Waals surface area contributed by atoms with Gasteiger partial charge >= 0.3 is 0 Å². The zero-order valence-electron chi connectivity index (χ0n) is 16.3. The molecule has 3 aromatic rings. The van der Waals surface area contributed by atoms with Gasteiger partial charge in [-0.05, 0) is 48.9 Å². The van der Waals surface area contributed by atoms with Gasteiger partial charge in [-0.25, -0.2) is 4.39 Å². The predicted molar refractivity (Wildman–Crippen MR) is 115 cm³/mol. The first-order valence-electron chi connectivity index (χ1n) is 9.34. The van der Waals surface area contributed by atoms with Crippen molar-refractivity contribution in [3.8, 4) is 0 Å². The summed E-state index contributed by atoms with van der Waals surface area (Å²) < 4.78 is 13.1. The standard InChI is InChI=1S/C21H17ClFN5O3/c1-10-14(22)3-2-4-15(10)25-19(30)13-9-16(29)26-18-17(13)20(31)28-21(27-18)24-12-7-5-11(23)6-8-12/h2-8,13H,9H2,1H3,(H,25,30)(H3,24,26,27,28,29,31)/t13-/m1/s1. The molecule has 0 saturated carbocycles. The molecule has 4 rings (SSSR count). The van der Waals surface area contributed by atoms with E-state index in [2.05, 4.69) is 25.9 Å². The van der Waals surface area contributed by atoms with Crippen molar-refractivity contribution in [2.75, 3.05) is 16.0 Å². The van der Waals surface area contributed by atoms with Crippen LogP contribution < -0.4 is 21.5 Å². The fourth-order valence-corrected chi connectivity index (χ4v) is 3.46. The Morgan fingerprint density at radius 1 is 1.19 bits per heavy atom. The molecule has 0 aliphatic carbocycles. The number of halogens is 2. The number of amides is 2. The second-order valence-electron chi connectivity index (χ2n) is 7.02. The number of carbonyl (C=O) groups excluding carboxylic acids is 2. The largest absolute Gasteiger partial charge is 0.326 e. The van der Waals surface area contributed by atoms with E-state index in [0.717, 1.165) is 0 Å². The number of rotatable bonds is 4. The van der Waals surface area contributed by atoms with Gasteiger partial charge < -0.3 is 16.0 Å². The van der Waals surface area contributed by atoms with Crippen LogP contribution in [0.3, 0.4) is 0 Å². The molecule has 0 radical (unpaired) electrons. The minimum Gasteiger partial charge on any atom is -0.326 e. The normalized spacial score (nSPS) is 15.1. The number of nitrogens with zero attached hydrogens (tertiary/aromatic N) is 1. The predicted octanol–water partition coefficient (Wildman–Crippen LogP) is 3.68. The van der Waals surface area contributed by atoms with Crippen LogP contribution in [0.15, 0.2) is 47.3 Å². The maximum atomic E-state index is 13.1. The minimum atomic E-state index is -1.03. The van der Waals surface area contributed by atoms with Gasteiger partial charge in [-0.2, -0.15) is 4.98 Å². The molecule has 8 nitrogen and oxygen atoms in total. The van der Waals surface area contributed by atoms with Gasteiger partial charge in [-0.15, -0.1) is 0 Å². The molecule has 0 saturated heterocycles. The highest BCUT2D eigenvalue weighted by Crippen LogP contribution is 2.31. The van der Waals surface area contributed by atoms with E-state index in [1.165, 1.54) is 24.3 Å². The fraction of sp³-hybridized carbons (Fsp3) is 0.143. The first kappa shape index (κ1) is 20.5. The molecule has 1 atom stereocenters. The smallest absolute Gasteiger partial charge is 0.258 e. The van der Waals surface area contributed by atoms with Crippen molar-refractivity contribution in [2.45, 2.75) is 19.3 Å². The molecule has 1 aromatic heterocycles. The van der Waals surface area contributed by atoms with Gasteiger partial charge in [0, 0.05) is 22.8 Å². The summed E-state index contributed by atoms with van der Waals surface area (Å²) in [5.41, 5.74) is 1.13. The number of aromatic nitrogens is 2. The number of carbonyl (C=O) groups is 2. The third kappa shape index (κ3) is 4.26. The second-order valence-corrected chi connectivity index (χ2v) is 7.42. The highest BCUT2D eigenvalue weighted by atomic mass is 35.5. The van der Waals surface area contributed by atoms with Gasteiger partial charge in [0.15, 0.2) is 0 Å². The third-order valence-corrected chi connectivity index (χ3v) is 5.31. The Morgan fingerprint density at radius 3 is 2.68 bits per heavy atom. The van der Waals surface area contributed by atoms with E-state index < -0.39 is 29.1 Å². The summed E-state index contributed by atoms with van der Waals surface area (Å²) in [5.74, 6) is -2.36. The van der Waals surface area contributed by atoms with Gasteiger partial charge in [0.2, 0.25) is 17.8 Å². The SMILES string of the molecule is Cc1c(Cl)cccc1NC(=O)[C@@H]1CC(=O)Nc2nc(Nc3ccc(F)cc3)[nH]c(=O)c21. The first-order valence-corrected chi connectivity index (χ1v) is 9.72. The molecule has 2 heterocycles. The van der Waals surface area contributed by atoms with Crippen molar-refractivity contribution < 1.29 is 14.0 Å². The molecular weight excluding hydrogens is 425 g/mol. The summed E-state index contributed by atoms with van der Waals surface area (Å²) in [4.78, 5) is 44.7. The molecule has 0 fully saturated rings. The molecule has 0 bridgehead atoms. The number of hydrogen-bond donors (Lipinski definition) is 4. The van der Waals surface area contributed by atoms with E-state index in [-0.39, 0.29) is 23.8 Å². The Hall–Kier alpha value is -3.72. The maximum absolute atomic E-state index is 13.1. The average molecular weight is 442 g/mol. The van der Waals surface area contributed by atoms with Crippen LogP contribution in [0.5, 0.6) is 0 Å². The van der Waals surface area contributed by atoms with Crippen LogP contribution >= 0.6 is 11.6 Å². The highest BCUT2D eigenvalue weighted by Gasteiger charge is 2.35. The lowest BCUT2D eigenvalue weighted by Gasteiger charge is -2.24. The number of benzene rings is 2. The maximum Gasteiger partial charge on any atom is 0.258 e. The Morgan fingerprint density at radius 2 is 1.94 bits per heavy atom. The molecule has 158 valence electrons. The number of nitrogens with one attached hydrogen (secondary N) is 4. The van der Waals surface area contributed by atoms with E-state index in [4.69, 9.17) is 11.6 Å². The molecule has 1 aliphatic rings. The summed E-state index contributed by atoms with van der Waals surface area (Å²) in [6.07, 6.45) is -0.200. The van der Waals surface area contributed by atoms with E-state index in [0.29, 0.717) is 22.0 Å². The van der Waals surface area contributed by atoms with Crippen molar-refractivity contribution in [1.29, 1.82) is 0 Å².